The first-order chi connectivity index (χ1) is 13.3. The number of hydrogen-bond donors (Lipinski definition) is 1. The predicted molar refractivity (Wildman–Crippen MR) is 111 cm³/mol. The summed E-state index contributed by atoms with van der Waals surface area (Å²) < 4.78 is 0. The minimum atomic E-state index is 0.900. The van der Waals surface area contributed by atoms with Crippen LogP contribution in [-0.4, -0.2) is 45.9 Å². The molecule has 2 heterocycles. The molecule has 4 nitrogen and oxygen atoms in total. The van der Waals surface area contributed by atoms with Crippen LogP contribution in [0, 0.1) is 0 Å². The van der Waals surface area contributed by atoms with Crippen molar-refractivity contribution in [2.24, 2.45) is 0 Å². The van der Waals surface area contributed by atoms with Crippen LogP contribution < -0.4 is 0 Å². The molecule has 1 aliphatic rings. The Morgan fingerprint density at radius 2 is 1.44 bits per heavy atom. The number of aromatic amines is 1. The first-order valence-corrected chi connectivity index (χ1v) is 9.70. The zero-order valence-corrected chi connectivity index (χ0v) is 15.4. The number of para-hydroxylation sites is 2. The second-order valence-electron chi connectivity index (χ2n) is 7.39. The van der Waals surface area contributed by atoms with E-state index in [0.717, 1.165) is 56.1 Å². The summed E-state index contributed by atoms with van der Waals surface area (Å²) in [5.41, 5.74) is 3.61. The predicted octanol–water partition coefficient (Wildman–Crippen LogP) is 4.03. The zero-order valence-electron chi connectivity index (χ0n) is 15.4. The first-order valence-electron chi connectivity index (χ1n) is 9.70. The van der Waals surface area contributed by atoms with E-state index in [9.17, 15) is 0 Å². The van der Waals surface area contributed by atoms with Crippen LogP contribution in [0.5, 0.6) is 0 Å². The monoisotopic (exact) mass is 356 g/mol. The van der Waals surface area contributed by atoms with Crippen LogP contribution in [0.15, 0.2) is 66.7 Å². The van der Waals surface area contributed by atoms with Gasteiger partial charge in [-0.1, -0.05) is 54.6 Å². The molecule has 1 aromatic heterocycles. The highest BCUT2D eigenvalue weighted by Crippen LogP contribution is 2.21. The summed E-state index contributed by atoms with van der Waals surface area (Å²) in [6.07, 6.45) is 0. The molecule has 0 amide bonds. The Morgan fingerprint density at radius 3 is 2.30 bits per heavy atom. The number of fused-ring (bicyclic) bond motifs is 2. The maximum atomic E-state index is 4.72. The third kappa shape index (κ3) is 3.46. The molecule has 1 N–H and O–H groups in total. The topological polar surface area (TPSA) is 35.2 Å². The lowest BCUT2D eigenvalue weighted by molar-refractivity contribution is 0.120. The van der Waals surface area contributed by atoms with E-state index < -0.39 is 0 Å². The van der Waals surface area contributed by atoms with Crippen molar-refractivity contribution in [3.8, 4) is 0 Å². The van der Waals surface area contributed by atoms with Crippen molar-refractivity contribution in [3.63, 3.8) is 0 Å². The Morgan fingerprint density at radius 1 is 0.741 bits per heavy atom. The molecule has 3 aromatic carbocycles. The molecule has 0 atom stereocenters. The molecule has 0 aliphatic carbocycles. The zero-order chi connectivity index (χ0) is 18.1. The van der Waals surface area contributed by atoms with E-state index in [4.69, 9.17) is 4.98 Å². The van der Waals surface area contributed by atoms with Gasteiger partial charge in [0.25, 0.3) is 0 Å². The highest BCUT2D eigenvalue weighted by molar-refractivity contribution is 5.85. The lowest BCUT2D eigenvalue weighted by Gasteiger charge is -2.34. The summed E-state index contributed by atoms with van der Waals surface area (Å²) in [7, 11) is 0. The second-order valence-corrected chi connectivity index (χ2v) is 7.39. The Kier molecular flexibility index (Phi) is 4.36. The van der Waals surface area contributed by atoms with Gasteiger partial charge in [0, 0.05) is 32.7 Å². The van der Waals surface area contributed by atoms with E-state index in [-0.39, 0.29) is 0 Å². The third-order valence-electron chi connectivity index (χ3n) is 5.55. The Bertz CT molecular complexity index is 1020. The van der Waals surface area contributed by atoms with E-state index in [1.54, 1.807) is 0 Å². The van der Waals surface area contributed by atoms with Gasteiger partial charge in [0.2, 0.25) is 0 Å². The summed E-state index contributed by atoms with van der Waals surface area (Å²) >= 11 is 0. The van der Waals surface area contributed by atoms with Crippen LogP contribution in [0.1, 0.15) is 11.4 Å². The SMILES string of the molecule is c1ccc2c(CN3CCN(Cc4nc5ccccc5[nH]4)CC3)cccc2c1. The fourth-order valence-corrected chi connectivity index (χ4v) is 4.07. The molecule has 0 saturated carbocycles. The number of benzene rings is 3. The van der Waals surface area contributed by atoms with Crippen molar-refractivity contribution in [3.05, 3.63) is 78.1 Å². The molecule has 0 unspecified atom stereocenters. The summed E-state index contributed by atoms with van der Waals surface area (Å²) in [5.74, 6) is 1.07. The maximum Gasteiger partial charge on any atom is 0.121 e. The number of rotatable bonds is 4. The first kappa shape index (κ1) is 16.5. The maximum absolute atomic E-state index is 4.72. The highest BCUT2D eigenvalue weighted by atomic mass is 15.3. The fraction of sp³-hybridized carbons (Fsp3) is 0.261. The number of aromatic nitrogens is 2. The van der Waals surface area contributed by atoms with Crippen LogP contribution in [0.2, 0.25) is 0 Å². The minimum absolute atomic E-state index is 0.900. The average Bonchev–Trinajstić information content (AvgIpc) is 3.12. The summed E-state index contributed by atoms with van der Waals surface area (Å²) in [5, 5.41) is 2.71. The number of H-pyrrole nitrogens is 1. The molecular formula is C23H24N4. The van der Waals surface area contributed by atoms with Gasteiger partial charge >= 0.3 is 0 Å². The molecule has 0 spiro atoms. The summed E-state index contributed by atoms with van der Waals surface area (Å²) in [6.45, 7) is 6.30. The molecule has 4 aromatic rings. The van der Waals surface area contributed by atoms with Gasteiger partial charge in [0.05, 0.1) is 17.6 Å². The minimum Gasteiger partial charge on any atom is -0.341 e. The molecule has 5 rings (SSSR count). The summed E-state index contributed by atoms with van der Waals surface area (Å²) in [4.78, 5) is 13.2. The van der Waals surface area contributed by atoms with Gasteiger partial charge in [0.1, 0.15) is 5.82 Å². The average molecular weight is 356 g/mol. The van der Waals surface area contributed by atoms with Crippen LogP contribution in [-0.2, 0) is 13.1 Å². The lowest BCUT2D eigenvalue weighted by Crippen LogP contribution is -2.45. The van der Waals surface area contributed by atoms with Crippen LogP contribution >= 0.6 is 0 Å². The van der Waals surface area contributed by atoms with Crippen molar-refractivity contribution in [2.75, 3.05) is 26.2 Å². The Balaban J connectivity index is 1.22. The van der Waals surface area contributed by atoms with Crippen LogP contribution in [0.4, 0.5) is 0 Å². The van der Waals surface area contributed by atoms with Gasteiger partial charge in [-0.3, -0.25) is 9.80 Å². The number of piperazine rings is 1. The number of nitrogens with zero attached hydrogens (tertiary/aromatic N) is 3. The van der Waals surface area contributed by atoms with Gasteiger partial charge in [-0.2, -0.15) is 0 Å². The number of nitrogens with one attached hydrogen (secondary N) is 1. The van der Waals surface area contributed by atoms with Gasteiger partial charge < -0.3 is 4.98 Å². The smallest absolute Gasteiger partial charge is 0.121 e. The van der Waals surface area contributed by atoms with Gasteiger partial charge in [0.15, 0.2) is 0 Å². The van der Waals surface area contributed by atoms with Gasteiger partial charge in [-0.25, -0.2) is 4.98 Å². The van der Waals surface area contributed by atoms with E-state index in [1.807, 2.05) is 6.07 Å². The molecular weight excluding hydrogens is 332 g/mol. The molecule has 0 bridgehead atoms. The number of hydrogen-bond acceptors (Lipinski definition) is 3. The van der Waals surface area contributed by atoms with E-state index >= 15 is 0 Å². The van der Waals surface area contributed by atoms with E-state index in [0.29, 0.717) is 0 Å². The molecule has 1 aliphatic heterocycles. The van der Waals surface area contributed by atoms with Crippen molar-refractivity contribution < 1.29 is 0 Å². The number of imidazole rings is 1. The second kappa shape index (κ2) is 7.14. The normalized spacial score (nSPS) is 16.3. The summed E-state index contributed by atoms with van der Waals surface area (Å²) in [6, 6.07) is 23.6. The quantitative estimate of drug-likeness (QED) is 0.599. The molecule has 0 radical (unpaired) electrons. The van der Waals surface area contributed by atoms with E-state index in [2.05, 4.69) is 75.4 Å². The molecule has 136 valence electrons. The van der Waals surface area contributed by atoms with Crippen molar-refractivity contribution >= 4 is 21.8 Å². The van der Waals surface area contributed by atoms with Crippen molar-refractivity contribution in [1.82, 2.24) is 19.8 Å². The Labute approximate surface area is 159 Å². The third-order valence-corrected chi connectivity index (χ3v) is 5.55. The largest absolute Gasteiger partial charge is 0.341 e. The standard InChI is InChI=1S/C23H24N4/c1-2-9-20-18(6-1)7-5-8-19(20)16-26-12-14-27(15-13-26)17-23-24-21-10-3-4-11-22(21)25-23/h1-11H,12-17H2,(H,24,25). The fourth-order valence-electron chi connectivity index (χ4n) is 4.07. The molecule has 1 fully saturated rings. The van der Waals surface area contributed by atoms with Crippen LogP contribution in [0.25, 0.3) is 21.8 Å². The lowest BCUT2D eigenvalue weighted by atomic mass is 10.0. The van der Waals surface area contributed by atoms with Crippen LogP contribution in [0.3, 0.4) is 0 Å². The molecule has 1 saturated heterocycles. The van der Waals surface area contributed by atoms with Crippen molar-refractivity contribution in [2.45, 2.75) is 13.1 Å². The molecule has 4 heteroatoms. The van der Waals surface area contributed by atoms with E-state index in [1.165, 1.54) is 16.3 Å². The van der Waals surface area contributed by atoms with Crippen molar-refractivity contribution in [1.29, 1.82) is 0 Å². The molecule has 27 heavy (non-hydrogen) atoms. The highest BCUT2D eigenvalue weighted by Gasteiger charge is 2.18. The van der Waals surface area contributed by atoms with Gasteiger partial charge in [-0.05, 0) is 28.5 Å². The Hall–Kier alpha value is -2.69. The van der Waals surface area contributed by atoms with Gasteiger partial charge in [-0.15, -0.1) is 0 Å².